The molecule has 0 bridgehead atoms. The summed E-state index contributed by atoms with van der Waals surface area (Å²) in [7, 11) is 0. The van der Waals surface area contributed by atoms with Crippen molar-refractivity contribution in [1.29, 1.82) is 0 Å². The van der Waals surface area contributed by atoms with E-state index in [1.807, 2.05) is 61.5 Å². The van der Waals surface area contributed by atoms with Crippen LogP contribution in [0.2, 0.25) is 0 Å². The quantitative estimate of drug-likeness (QED) is 0.888. The van der Waals surface area contributed by atoms with E-state index in [1.165, 1.54) is 5.56 Å². The van der Waals surface area contributed by atoms with Crippen LogP contribution in [0.1, 0.15) is 11.1 Å². The molecule has 0 fully saturated rings. The number of amidine groups is 3. The summed E-state index contributed by atoms with van der Waals surface area (Å²) in [6.45, 7) is 2.04. The largest absolute Gasteiger partial charge is 0.380 e. The van der Waals surface area contributed by atoms with Gasteiger partial charge in [0.05, 0.1) is 5.69 Å². The predicted molar refractivity (Wildman–Crippen MR) is 82.9 cm³/mol. The summed E-state index contributed by atoms with van der Waals surface area (Å²) in [4.78, 5) is 13.1. The molecule has 0 saturated heterocycles. The number of nitrogens with two attached hydrogens (primary N) is 1. The molecule has 2 N–H and O–H groups in total. The van der Waals surface area contributed by atoms with Crippen LogP contribution in [-0.4, -0.2) is 17.5 Å². The summed E-state index contributed by atoms with van der Waals surface area (Å²) in [5.41, 5.74) is 8.84. The van der Waals surface area contributed by atoms with Crippen LogP contribution in [-0.2, 0) is 0 Å². The van der Waals surface area contributed by atoms with Gasteiger partial charge >= 0.3 is 0 Å². The van der Waals surface area contributed by atoms with Crippen molar-refractivity contribution in [3.05, 3.63) is 65.7 Å². The van der Waals surface area contributed by atoms with E-state index in [9.17, 15) is 0 Å². The molecule has 2 aromatic carbocycles. The first-order valence-corrected chi connectivity index (χ1v) is 6.36. The lowest BCUT2D eigenvalue weighted by Gasteiger charge is -1.96. The second kappa shape index (κ2) is 5.09. The van der Waals surface area contributed by atoms with Crippen LogP contribution < -0.4 is 5.73 Å². The number of nitrogens with zero attached hydrogens (tertiary/aromatic N) is 3. The van der Waals surface area contributed by atoms with Crippen molar-refractivity contribution in [3.8, 4) is 0 Å². The van der Waals surface area contributed by atoms with E-state index in [4.69, 9.17) is 5.73 Å². The zero-order valence-corrected chi connectivity index (χ0v) is 11.1. The standard InChI is InChI=1S/C16H14N4/c1-11-7-9-13(10-8-11)18-16-14(17)19-15(20-16)12-5-3-2-4-6-12/h2-10H,1H3,(H2,17,18,19,20). The highest BCUT2D eigenvalue weighted by Gasteiger charge is 2.16. The molecule has 0 aromatic heterocycles. The van der Waals surface area contributed by atoms with Crippen molar-refractivity contribution in [3.63, 3.8) is 0 Å². The molecule has 1 aliphatic heterocycles. The third-order valence-corrected chi connectivity index (χ3v) is 2.97. The first-order chi connectivity index (χ1) is 9.72. The highest BCUT2D eigenvalue weighted by molar-refractivity contribution is 6.47. The summed E-state index contributed by atoms with van der Waals surface area (Å²) in [6.07, 6.45) is 0. The predicted octanol–water partition coefficient (Wildman–Crippen LogP) is 2.84. The molecule has 0 aliphatic carbocycles. The Balaban J connectivity index is 1.94. The molecule has 4 heteroatoms. The van der Waals surface area contributed by atoms with Crippen LogP contribution in [0, 0.1) is 6.92 Å². The Bertz CT molecular complexity index is 710. The first-order valence-electron chi connectivity index (χ1n) is 6.36. The smallest absolute Gasteiger partial charge is 0.197 e. The molecule has 0 radical (unpaired) electrons. The van der Waals surface area contributed by atoms with Gasteiger partial charge in [0.15, 0.2) is 17.5 Å². The number of aliphatic imine (C=N–C) groups is 3. The minimum atomic E-state index is 0.351. The number of aryl methyl sites for hydroxylation is 1. The Kier molecular flexibility index (Phi) is 3.13. The third-order valence-electron chi connectivity index (χ3n) is 2.97. The van der Waals surface area contributed by atoms with Gasteiger partial charge in [-0.1, -0.05) is 48.0 Å². The fourth-order valence-corrected chi connectivity index (χ4v) is 1.89. The summed E-state index contributed by atoms with van der Waals surface area (Å²) in [5, 5.41) is 0. The van der Waals surface area contributed by atoms with Crippen molar-refractivity contribution >= 4 is 23.2 Å². The molecule has 1 aliphatic rings. The summed E-state index contributed by atoms with van der Waals surface area (Å²) < 4.78 is 0. The Morgan fingerprint density at radius 1 is 0.900 bits per heavy atom. The van der Waals surface area contributed by atoms with Gasteiger partial charge in [0.1, 0.15) is 0 Å². The summed E-state index contributed by atoms with van der Waals surface area (Å²) >= 11 is 0. The second-order valence-electron chi connectivity index (χ2n) is 4.57. The lowest BCUT2D eigenvalue weighted by atomic mass is 10.2. The number of hydrogen-bond donors (Lipinski definition) is 1. The molecule has 98 valence electrons. The molecule has 0 atom stereocenters. The van der Waals surface area contributed by atoms with Gasteiger partial charge in [0.2, 0.25) is 0 Å². The van der Waals surface area contributed by atoms with Crippen LogP contribution in [0.4, 0.5) is 5.69 Å². The van der Waals surface area contributed by atoms with Crippen LogP contribution in [0.25, 0.3) is 0 Å². The van der Waals surface area contributed by atoms with Crippen LogP contribution in [0.3, 0.4) is 0 Å². The second-order valence-corrected chi connectivity index (χ2v) is 4.57. The van der Waals surface area contributed by atoms with Crippen LogP contribution in [0.15, 0.2) is 69.6 Å². The SMILES string of the molecule is Cc1ccc(N=C2N=C(c3ccccc3)N=C2N)cc1. The van der Waals surface area contributed by atoms with Crippen LogP contribution >= 0.6 is 0 Å². The Labute approximate surface area is 117 Å². The average molecular weight is 262 g/mol. The van der Waals surface area contributed by atoms with E-state index < -0.39 is 0 Å². The molecule has 20 heavy (non-hydrogen) atoms. The number of hydrogen-bond acceptors (Lipinski definition) is 3. The van der Waals surface area contributed by atoms with Crippen molar-refractivity contribution < 1.29 is 0 Å². The molecule has 2 aromatic rings. The van der Waals surface area contributed by atoms with Gasteiger partial charge < -0.3 is 5.73 Å². The Morgan fingerprint density at radius 3 is 2.30 bits per heavy atom. The van der Waals surface area contributed by atoms with Crippen molar-refractivity contribution in [2.24, 2.45) is 20.7 Å². The van der Waals surface area contributed by atoms with Crippen molar-refractivity contribution in [1.82, 2.24) is 0 Å². The van der Waals surface area contributed by atoms with Gasteiger partial charge in [-0.3, -0.25) is 0 Å². The fraction of sp³-hybridized carbons (Fsp3) is 0.0625. The molecule has 0 spiro atoms. The lowest BCUT2D eigenvalue weighted by Crippen LogP contribution is -2.18. The van der Waals surface area contributed by atoms with Gasteiger partial charge in [0.25, 0.3) is 0 Å². The molecular formula is C16H14N4. The van der Waals surface area contributed by atoms with Gasteiger partial charge in [-0.15, -0.1) is 0 Å². The van der Waals surface area contributed by atoms with Crippen molar-refractivity contribution in [2.75, 3.05) is 0 Å². The summed E-state index contributed by atoms with van der Waals surface area (Å²) in [5.74, 6) is 1.42. The minimum Gasteiger partial charge on any atom is -0.380 e. The first kappa shape index (κ1) is 12.3. The monoisotopic (exact) mass is 262 g/mol. The van der Waals surface area contributed by atoms with Gasteiger partial charge in [-0.2, -0.15) is 0 Å². The Morgan fingerprint density at radius 2 is 1.60 bits per heavy atom. The highest BCUT2D eigenvalue weighted by Crippen LogP contribution is 2.15. The molecule has 0 unspecified atom stereocenters. The number of benzene rings is 2. The molecule has 3 rings (SSSR count). The fourth-order valence-electron chi connectivity index (χ4n) is 1.89. The average Bonchev–Trinajstić information content (AvgIpc) is 2.84. The van der Waals surface area contributed by atoms with E-state index in [0.717, 1.165) is 11.3 Å². The molecule has 0 saturated carbocycles. The van der Waals surface area contributed by atoms with E-state index >= 15 is 0 Å². The Hall–Kier alpha value is -2.75. The normalized spacial score (nSPS) is 16.1. The summed E-state index contributed by atoms with van der Waals surface area (Å²) in [6, 6.07) is 17.6. The number of rotatable bonds is 2. The van der Waals surface area contributed by atoms with Gasteiger partial charge in [-0.05, 0) is 19.1 Å². The maximum atomic E-state index is 5.89. The maximum absolute atomic E-state index is 5.89. The molecule has 0 amide bonds. The van der Waals surface area contributed by atoms with Crippen LogP contribution in [0.5, 0.6) is 0 Å². The molecule has 4 nitrogen and oxygen atoms in total. The van der Waals surface area contributed by atoms with E-state index in [-0.39, 0.29) is 0 Å². The molecule has 1 heterocycles. The van der Waals surface area contributed by atoms with Crippen molar-refractivity contribution in [2.45, 2.75) is 6.92 Å². The zero-order chi connectivity index (χ0) is 13.9. The van der Waals surface area contributed by atoms with E-state index in [2.05, 4.69) is 15.0 Å². The van der Waals surface area contributed by atoms with E-state index in [0.29, 0.717) is 17.5 Å². The lowest BCUT2D eigenvalue weighted by molar-refractivity contribution is 1.43. The minimum absolute atomic E-state index is 0.351. The maximum Gasteiger partial charge on any atom is 0.197 e. The zero-order valence-electron chi connectivity index (χ0n) is 11.1. The third kappa shape index (κ3) is 2.49. The topological polar surface area (TPSA) is 63.1 Å². The van der Waals surface area contributed by atoms with E-state index in [1.54, 1.807) is 0 Å². The highest BCUT2D eigenvalue weighted by atomic mass is 15.1. The van der Waals surface area contributed by atoms with Gasteiger partial charge in [0, 0.05) is 5.56 Å². The molecular weight excluding hydrogens is 248 g/mol. The van der Waals surface area contributed by atoms with Gasteiger partial charge in [-0.25, -0.2) is 15.0 Å².